The average Bonchev–Trinajstić information content (AvgIpc) is 3.23. The van der Waals surface area contributed by atoms with Crippen LogP contribution in [-0.2, 0) is 21.3 Å². The SMILES string of the molecule is COCCNC(=O)C(OC(=O)c1cc2occc2n1C)c1ccccc1F. The van der Waals surface area contributed by atoms with Crippen molar-refractivity contribution in [3.63, 3.8) is 0 Å². The monoisotopic (exact) mass is 374 g/mol. The Morgan fingerprint density at radius 2 is 2.07 bits per heavy atom. The minimum atomic E-state index is -1.43. The molecule has 0 fully saturated rings. The van der Waals surface area contributed by atoms with Crippen LogP contribution in [0.4, 0.5) is 4.39 Å². The number of aromatic nitrogens is 1. The lowest BCUT2D eigenvalue weighted by molar-refractivity contribution is -0.130. The molecular weight excluding hydrogens is 355 g/mol. The van der Waals surface area contributed by atoms with E-state index in [9.17, 15) is 14.0 Å². The zero-order valence-electron chi connectivity index (χ0n) is 14.9. The van der Waals surface area contributed by atoms with Crippen molar-refractivity contribution in [2.24, 2.45) is 7.05 Å². The molecule has 0 aliphatic heterocycles. The second kappa shape index (κ2) is 8.05. The third kappa shape index (κ3) is 3.85. The number of aryl methyl sites for hydroxylation is 1. The molecule has 2 heterocycles. The van der Waals surface area contributed by atoms with Gasteiger partial charge in [-0.25, -0.2) is 9.18 Å². The number of amides is 1. The highest BCUT2D eigenvalue weighted by Crippen LogP contribution is 2.25. The van der Waals surface area contributed by atoms with Gasteiger partial charge in [0.25, 0.3) is 5.91 Å². The van der Waals surface area contributed by atoms with E-state index < -0.39 is 23.8 Å². The zero-order valence-corrected chi connectivity index (χ0v) is 14.9. The number of carbonyl (C=O) groups excluding carboxylic acids is 2. The van der Waals surface area contributed by atoms with Gasteiger partial charge < -0.3 is 23.8 Å². The number of halogens is 1. The minimum Gasteiger partial charge on any atom is -0.463 e. The Hall–Kier alpha value is -3.13. The van der Waals surface area contributed by atoms with Gasteiger partial charge in [0.2, 0.25) is 6.10 Å². The summed E-state index contributed by atoms with van der Waals surface area (Å²) < 4.78 is 31.3. The molecule has 0 saturated carbocycles. The van der Waals surface area contributed by atoms with Crippen LogP contribution in [0.2, 0.25) is 0 Å². The van der Waals surface area contributed by atoms with Crippen molar-refractivity contribution in [1.29, 1.82) is 0 Å². The molecule has 0 spiro atoms. The molecule has 7 nitrogen and oxygen atoms in total. The van der Waals surface area contributed by atoms with Crippen molar-refractivity contribution in [2.75, 3.05) is 20.3 Å². The molecule has 3 aromatic rings. The molecule has 1 unspecified atom stereocenters. The summed E-state index contributed by atoms with van der Waals surface area (Å²) in [6.07, 6.45) is 0.0716. The van der Waals surface area contributed by atoms with Gasteiger partial charge in [0, 0.05) is 38.4 Å². The van der Waals surface area contributed by atoms with E-state index in [-0.39, 0.29) is 24.4 Å². The summed E-state index contributed by atoms with van der Waals surface area (Å²) in [4.78, 5) is 25.2. The Balaban J connectivity index is 1.87. The first kappa shape index (κ1) is 18.7. The van der Waals surface area contributed by atoms with Crippen LogP contribution in [0.25, 0.3) is 11.1 Å². The molecule has 1 atom stereocenters. The van der Waals surface area contributed by atoms with E-state index >= 15 is 0 Å². The van der Waals surface area contributed by atoms with Gasteiger partial charge in [-0.3, -0.25) is 4.79 Å². The Morgan fingerprint density at radius 3 is 2.78 bits per heavy atom. The molecular formula is C19H19FN2O5. The molecule has 0 aliphatic rings. The second-order valence-electron chi connectivity index (χ2n) is 5.85. The highest BCUT2D eigenvalue weighted by atomic mass is 19.1. The zero-order chi connectivity index (χ0) is 19.4. The van der Waals surface area contributed by atoms with Gasteiger partial charge in [-0.1, -0.05) is 18.2 Å². The van der Waals surface area contributed by atoms with Crippen LogP contribution in [0.15, 0.2) is 47.1 Å². The first-order valence-corrected chi connectivity index (χ1v) is 8.28. The van der Waals surface area contributed by atoms with E-state index in [1.807, 2.05) is 0 Å². The van der Waals surface area contributed by atoms with Crippen LogP contribution in [0.1, 0.15) is 22.2 Å². The number of rotatable bonds is 7. The Bertz CT molecular complexity index is 962. The van der Waals surface area contributed by atoms with E-state index in [2.05, 4.69) is 5.32 Å². The van der Waals surface area contributed by atoms with Crippen molar-refractivity contribution in [2.45, 2.75) is 6.10 Å². The minimum absolute atomic E-state index is 0.0290. The van der Waals surface area contributed by atoms with Crippen LogP contribution in [0, 0.1) is 5.82 Å². The number of carbonyl (C=O) groups is 2. The number of nitrogens with zero attached hydrogens (tertiary/aromatic N) is 1. The van der Waals surface area contributed by atoms with Gasteiger partial charge in [-0.05, 0) is 6.07 Å². The topological polar surface area (TPSA) is 82.7 Å². The van der Waals surface area contributed by atoms with Crippen molar-refractivity contribution in [3.05, 3.63) is 59.7 Å². The predicted molar refractivity (Wildman–Crippen MR) is 94.6 cm³/mol. The van der Waals surface area contributed by atoms with Gasteiger partial charge in [-0.15, -0.1) is 0 Å². The van der Waals surface area contributed by atoms with Gasteiger partial charge in [0.1, 0.15) is 11.5 Å². The Labute approximate surface area is 154 Å². The van der Waals surface area contributed by atoms with Crippen molar-refractivity contribution < 1.29 is 27.9 Å². The fourth-order valence-electron chi connectivity index (χ4n) is 2.73. The highest BCUT2D eigenvalue weighted by Gasteiger charge is 2.29. The van der Waals surface area contributed by atoms with Crippen molar-refractivity contribution in [3.8, 4) is 0 Å². The number of benzene rings is 1. The van der Waals surface area contributed by atoms with Crippen LogP contribution in [-0.4, -0.2) is 36.7 Å². The molecule has 1 aromatic carbocycles. The van der Waals surface area contributed by atoms with Crippen LogP contribution >= 0.6 is 0 Å². The quantitative estimate of drug-likeness (QED) is 0.508. The lowest BCUT2D eigenvalue weighted by atomic mass is 10.1. The summed E-state index contributed by atoms with van der Waals surface area (Å²) >= 11 is 0. The Kier molecular flexibility index (Phi) is 5.56. The predicted octanol–water partition coefficient (Wildman–Crippen LogP) is 2.57. The lowest BCUT2D eigenvalue weighted by Gasteiger charge is -2.18. The van der Waals surface area contributed by atoms with E-state index in [4.69, 9.17) is 13.9 Å². The van der Waals surface area contributed by atoms with E-state index in [0.29, 0.717) is 11.1 Å². The lowest BCUT2D eigenvalue weighted by Crippen LogP contribution is -2.34. The highest BCUT2D eigenvalue weighted by molar-refractivity contribution is 5.95. The number of fused-ring (bicyclic) bond motifs is 1. The smallest absolute Gasteiger partial charge is 0.356 e. The van der Waals surface area contributed by atoms with Crippen molar-refractivity contribution in [1.82, 2.24) is 9.88 Å². The summed E-state index contributed by atoms with van der Waals surface area (Å²) in [5.74, 6) is -2.04. The third-order valence-electron chi connectivity index (χ3n) is 4.13. The van der Waals surface area contributed by atoms with Gasteiger partial charge in [0.05, 0.1) is 18.4 Å². The molecule has 0 aliphatic carbocycles. The maximum atomic E-state index is 14.2. The van der Waals surface area contributed by atoms with Crippen LogP contribution in [0.5, 0.6) is 0 Å². The van der Waals surface area contributed by atoms with Crippen molar-refractivity contribution >= 4 is 23.0 Å². The number of furan rings is 1. The molecule has 3 rings (SSSR count). The fourth-order valence-corrected chi connectivity index (χ4v) is 2.73. The maximum Gasteiger partial charge on any atom is 0.356 e. The summed E-state index contributed by atoms with van der Waals surface area (Å²) in [5, 5.41) is 2.57. The average molecular weight is 374 g/mol. The van der Waals surface area contributed by atoms with Gasteiger partial charge >= 0.3 is 5.97 Å². The number of hydrogen-bond acceptors (Lipinski definition) is 5. The number of methoxy groups -OCH3 is 1. The number of nitrogens with one attached hydrogen (secondary N) is 1. The largest absolute Gasteiger partial charge is 0.463 e. The molecule has 1 N–H and O–H groups in total. The first-order chi connectivity index (χ1) is 13.0. The van der Waals surface area contributed by atoms with Crippen LogP contribution in [0.3, 0.4) is 0 Å². The molecule has 0 saturated heterocycles. The molecule has 1 amide bonds. The van der Waals surface area contributed by atoms with Crippen LogP contribution < -0.4 is 5.32 Å². The van der Waals surface area contributed by atoms with Gasteiger partial charge in [-0.2, -0.15) is 0 Å². The van der Waals surface area contributed by atoms with Gasteiger partial charge in [0.15, 0.2) is 5.58 Å². The van der Waals surface area contributed by atoms with E-state index in [1.54, 1.807) is 23.7 Å². The summed E-state index contributed by atoms with van der Waals surface area (Å²) in [5.41, 5.74) is 1.37. The number of ether oxygens (including phenoxy) is 2. The molecule has 0 radical (unpaired) electrons. The third-order valence-corrected chi connectivity index (χ3v) is 4.13. The normalized spacial score (nSPS) is 12.1. The summed E-state index contributed by atoms with van der Waals surface area (Å²) in [6, 6.07) is 8.88. The van der Waals surface area contributed by atoms with E-state index in [0.717, 1.165) is 0 Å². The molecule has 8 heteroatoms. The summed E-state index contributed by atoms with van der Waals surface area (Å²) in [6.45, 7) is 0.479. The molecule has 27 heavy (non-hydrogen) atoms. The Morgan fingerprint density at radius 1 is 1.30 bits per heavy atom. The second-order valence-corrected chi connectivity index (χ2v) is 5.85. The summed E-state index contributed by atoms with van der Waals surface area (Å²) in [7, 11) is 3.16. The number of hydrogen-bond donors (Lipinski definition) is 1. The first-order valence-electron chi connectivity index (χ1n) is 8.28. The fraction of sp³-hybridized carbons (Fsp3) is 0.263. The van der Waals surface area contributed by atoms with E-state index in [1.165, 1.54) is 37.6 Å². The molecule has 2 aromatic heterocycles. The number of esters is 1. The molecule has 0 bridgehead atoms. The molecule has 142 valence electrons. The standard InChI is InChI=1S/C19H19FN2O5/c1-22-14-7-9-26-16(14)11-15(22)19(24)27-17(18(23)21-8-10-25-2)12-5-3-4-6-13(12)20/h3-7,9,11,17H,8,10H2,1-2H3,(H,21,23). The maximum absolute atomic E-state index is 14.2.